The van der Waals surface area contributed by atoms with Gasteiger partial charge in [-0.15, -0.1) is 0 Å². The Kier molecular flexibility index (Phi) is 5.37. The van der Waals surface area contributed by atoms with Crippen molar-refractivity contribution >= 4 is 35.1 Å². The van der Waals surface area contributed by atoms with Gasteiger partial charge in [0.2, 0.25) is 11.9 Å². The molecular weight excluding hydrogens is 354 g/mol. The molecule has 1 fully saturated rings. The number of nitrogens with zero attached hydrogens (tertiary/aromatic N) is 4. The summed E-state index contributed by atoms with van der Waals surface area (Å²) in [6, 6.07) is 5.28. The molecule has 0 unspecified atom stereocenters. The number of piperazine rings is 1. The van der Waals surface area contributed by atoms with Crippen LogP contribution < -0.4 is 10.2 Å². The molecule has 8 heteroatoms. The molecule has 2 amide bonds. The highest BCUT2D eigenvalue weighted by atomic mass is 35.5. The predicted molar refractivity (Wildman–Crippen MR) is 101 cm³/mol. The quantitative estimate of drug-likeness (QED) is 0.893. The molecule has 0 saturated carbocycles. The van der Waals surface area contributed by atoms with Crippen molar-refractivity contribution in [3.8, 4) is 0 Å². The van der Waals surface area contributed by atoms with Crippen LogP contribution in [0.1, 0.15) is 22.8 Å². The molecule has 0 spiro atoms. The molecule has 1 aliphatic rings. The Balaban J connectivity index is 1.64. The maximum Gasteiger partial charge on any atom is 0.258 e. The van der Waals surface area contributed by atoms with E-state index < -0.39 is 0 Å². The van der Waals surface area contributed by atoms with Crippen molar-refractivity contribution < 1.29 is 9.59 Å². The molecule has 2 heterocycles. The van der Waals surface area contributed by atoms with Crippen LogP contribution in [0, 0.1) is 6.92 Å². The number of benzene rings is 1. The number of aryl methyl sites for hydroxylation is 1. The Morgan fingerprint density at radius 1 is 1.12 bits per heavy atom. The Morgan fingerprint density at radius 2 is 1.77 bits per heavy atom. The minimum atomic E-state index is -0.275. The number of carbonyl (C=O) groups excluding carboxylic acids is 2. The van der Waals surface area contributed by atoms with Gasteiger partial charge in [0.1, 0.15) is 0 Å². The van der Waals surface area contributed by atoms with Gasteiger partial charge in [0.15, 0.2) is 0 Å². The Labute approximate surface area is 157 Å². The molecule has 1 saturated heterocycles. The predicted octanol–water partition coefficient (Wildman–Crippen LogP) is 2.36. The van der Waals surface area contributed by atoms with E-state index >= 15 is 0 Å². The van der Waals surface area contributed by atoms with Crippen molar-refractivity contribution in [2.75, 3.05) is 36.4 Å². The molecule has 1 aromatic carbocycles. The van der Waals surface area contributed by atoms with Gasteiger partial charge < -0.3 is 15.1 Å². The first-order chi connectivity index (χ1) is 12.4. The lowest BCUT2D eigenvalue weighted by atomic mass is 10.2. The molecular formula is C18H20ClN5O2. The molecule has 1 aliphatic heterocycles. The summed E-state index contributed by atoms with van der Waals surface area (Å²) >= 11 is 5.93. The summed E-state index contributed by atoms with van der Waals surface area (Å²) in [5.41, 5.74) is 1.96. The van der Waals surface area contributed by atoms with Crippen molar-refractivity contribution in [2.45, 2.75) is 13.8 Å². The zero-order valence-electron chi connectivity index (χ0n) is 14.7. The van der Waals surface area contributed by atoms with Crippen molar-refractivity contribution in [3.05, 3.63) is 46.7 Å². The average molecular weight is 374 g/mol. The standard InChI is InChI=1S/C18H20ClN5O2/c1-12-9-15(19)3-4-16(12)22-17(26)14-10-20-18(21-11-14)24-7-5-23(6-8-24)13(2)25/h3-4,9-11H,5-8H2,1-2H3,(H,22,26). The molecule has 0 aliphatic carbocycles. The third-order valence-electron chi connectivity index (χ3n) is 4.34. The zero-order chi connectivity index (χ0) is 18.7. The van der Waals surface area contributed by atoms with E-state index in [2.05, 4.69) is 15.3 Å². The number of anilines is 2. The molecule has 0 bridgehead atoms. The van der Waals surface area contributed by atoms with Crippen molar-refractivity contribution in [1.29, 1.82) is 0 Å². The van der Waals surface area contributed by atoms with Gasteiger partial charge in [-0.3, -0.25) is 9.59 Å². The second-order valence-corrected chi connectivity index (χ2v) is 6.61. The molecule has 0 radical (unpaired) electrons. The van der Waals surface area contributed by atoms with E-state index in [0.29, 0.717) is 48.4 Å². The first-order valence-corrected chi connectivity index (χ1v) is 8.72. The van der Waals surface area contributed by atoms with Gasteiger partial charge >= 0.3 is 0 Å². The van der Waals surface area contributed by atoms with E-state index in [1.807, 2.05) is 11.8 Å². The monoisotopic (exact) mass is 373 g/mol. The first kappa shape index (κ1) is 18.1. The fourth-order valence-electron chi connectivity index (χ4n) is 2.78. The van der Waals surface area contributed by atoms with Gasteiger partial charge in [-0.1, -0.05) is 11.6 Å². The number of amides is 2. The molecule has 26 heavy (non-hydrogen) atoms. The van der Waals surface area contributed by atoms with E-state index in [1.165, 1.54) is 12.4 Å². The number of nitrogens with one attached hydrogen (secondary N) is 1. The minimum absolute atomic E-state index is 0.0788. The Hall–Kier alpha value is -2.67. The second-order valence-electron chi connectivity index (χ2n) is 6.18. The number of halogens is 1. The fraction of sp³-hybridized carbons (Fsp3) is 0.333. The zero-order valence-corrected chi connectivity index (χ0v) is 15.5. The summed E-state index contributed by atoms with van der Waals surface area (Å²) in [5.74, 6) is 0.367. The summed E-state index contributed by atoms with van der Waals surface area (Å²) < 4.78 is 0. The molecule has 1 aromatic heterocycles. The van der Waals surface area contributed by atoms with Crippen LogP contribution in [0.15, 0.2) is 30.6 Å². The van der Waals surface area contributed by atoms with Crippen LogP contribution in [0.25, 0.3) is 0 Å². The van der Waals surface area contributed by atoms with Gasteiger partial charge in [0, 0.05) is 56.2 Å². The average Bonchev–Trinajstić information content (AvgIpc) is 2.64. The second kappa shape index (κ2) is 7.70. The maximum absolute atomic E-state index is 12.4. The van der Waals surface area contributed by atoms with Gasteiger partial charge in [-0.25, -0.2) is 9.97 Å². The van der Waals surface area contributed by atoms with Crippen molar-refractivity contribution in [2.24, 2.45) is 0 Å². The molecule has 2 aromatic rings. The van der Waals surface area contributed by atoms with E-state index in [9.17, 15) is 9.59 Å². The topological polar surface area (TPSA) is 78.4 Å². The summed E-state index contributed by atoms with van der Waals surface area (Å²) in [6.45, 7) is 6.10. The number of aromatic nitrogens is 2. The van der Waals surface area contributed by atoms with Crippen LogP contribution in [-0.4, -0.2) is 52.9 Å². The van der Waals surface area contributed by atoms with Crippen LogP contribution >= 0.6 is 11.6 Å². The van der Waals surface area contributed by atoms with Gasteiger partial charge in [0.25, 0.3) is 5.91 Å². The maximum atomic E-state index is 12.4. The number of hydrogen-bond donors (Lipinski definition) is 1. The van der Waals surface area contributed by atoms with Crippen molar-refractivity contribution in [1.82, 2.24) is 14.9 Å². The lowest BCUT2D eigenvalue weighted by Gasteiger charge is -2.34. The van der Waals surface area contributed by atoms with Crippen LogP contribution in [-0.2, 0) is 4.79 Å². The summed E-state index contributed by atoms with van der Waals surface area (Å²) in [4.78, 5) is 36.2. The fourth-order valence-corrected chi connectivity index (χ4v) is 3.01. The number of hydrogen-bond acceptors (Lipinski definition) is 5. The van der Waals surface area contributed by atoms with Crippen LogP contribution in [0.5, 0.6) is 0 Å². The summed E-state index contributed by atoms with van der Waals surface area (Å²) in [5, 5.41) is 3.46. The third-order valence-corrected chi connectivity index (χ3v) is 4.58. The normalized spacial score (nSPS) is 14.3. The number of carbonyl (C=O) groups is 2. The van der Waals surface area contributed by atoms with Crippen LogP contribution in [0.4, 0.5) is 11.6 Å². The number of rotatable bonds is 3. The van der Waals surface area contributed by atoms with Crippen LogP contribution in [0.2, 0.25) is 5.02 Å². The first-order valence-electron chi connectivity index (χ1n) is 8.34. The highest BCUT2D eigenvalue weighted by Gasteiger charge is 2.20. The van der Waals surface area contributed by atoms with E-state index in [-0.39, 0.29) is 11.8 Å². The lowest BCUT2D eigenvalue weighted by Crippen LogP contribution is -2.48. The van der Waals surface area contributed by atoms with Gasteiger partial charge in [0.05, 0.1) is 5.56 Å². The van der Waals surface area contributed by atoms with Gasteiger partial charge in [-0.05, 0) is 30.7 Å². The molecule has 0 atom stereocenters. The highest BCUT2D eigenvalue weighted by Crippen LogP contribution is 2.20. The Bertz CT molecular complexity index is 817. The van der Waals surface area contributed by atoms with Crippen molar-refractivity contribution in [3.63, 3.8) is 0 Å². The molecule has 7 nitrogen and oxygen atoms in total. The summed E-state index contributed by atoms with van der Waals surface area (Å²) in [7, 11) is 0. The molecule has 1 N–H and O–H groups in total. The highest BCUT2D eigenvalue weighted by molar-refractivity contribution is 6.30. The van der Waals surface area contributed by atoms with Crippen LogP contribution in [0.3, 0.4) is 0 Å². The van der Waals surface area contributed by atoms with E-state index in [1.54, 1.807) is 30.0 Å². The Morgan fingerprint density at radius 3 is 2.35 bits per heavy atom. The SMILES string of the molecule is CC(=O)N1CCN(c2ncc(C(=O)Nc3ccc(Cl)cc3C)cn2)CC1. The third kappa shape index (κ3) is 4.11. The largest absolute Gasteiger partial charge is 0.339 e. The minimum Gasteiger partial charge on any atom is -0.339 e. The lowest BCUT2D eigenvalue weighted by molar-refractivity contribution is -0.129. The summed E-state index contributed by atoms with van der Waals surface area (Å²) in [6.07, 6.45) is 3.03. The van der Waals surface area contributed by atoms with E-state index in [0.717, 1.165) is 5.56 Å². The van der Waals surface area contributed by atoms with E-state index in [4.69, 9.17) is 11.6 Å². The van der Waals surface area contributed by atoms with Gasteiger partial charge in [-0.2, -0.15) is 0 Å². The molecule has 136 valence electrons. The smallest absolute Gasteiger partial charge is 0.258 e. The molecule has 3 rings (SSSR count).